The summed E-state index contributed by atoms with van der Waals surface area (Å²) in [6.07, 6.45) is 0. The summed E-state index contributed by atoms with van der Waals surface area (Å²) in [7, 11) is 0. The molecule has 0 unspecified atom stereocenters. The predicted octanol–water partition coefficient (Wildman–Crippen LogP) is 3.16. The molecule has 0 atom stereocenters. The molecule has 5 heteroatoms. The molecule has 0 aliphatic rings. The van der Waals surface area contributed by atoms with E-state index >= 15 is 0 Å². The van der Waals surface area contributed by atoms with Gasteiger partial charge in [-0.05, 0) is 18.6 Å². The minimum atomic E-state index is -1.03. The number of rotatable bonds is 4. The molecule has 0 saturated heterocycles. The number of hydrogen-bond donors (Lipinski definition) is 2. The Bertz CT molecular complexity index is 492. The molecule has 19 heavy (non-hydrogen) atoms. The molecule has 0 bridgehead atoms. The summed E-state index contributed by atoms with van der Waals surface area (Å²) in [5.41, 5.74) is 1.14. The third-order valence-electron chi connectivity index (χ3n) is 2.40. The van der Waals surface area contributed by atoms with Crippen LogP contribution in [0.1, 0.15) is 36.7 Å². The van der Waals surface area contributed by atoms with Crippen molar-refractivity contribution in [2.24, 2.45) is 0 Å². The van der Waals surface area contributed by atoms with E-state index in [2.05, 4.69) is 5.32 Å². The number of hydrogen-bond acceptors (Lipinski definition) is 3. The lowest BCUT2D eigenvalue weighted by Gasteiger charge is -2.17. The number of carboxylic acids is 1. The number of nitrogens with one attached hydrogen (secondary N) is 1. The molecule has 0 saturated carbocycles. The molecule has 0 aliphatic heterocycles. The third kappa shape index (κ3) is 4.95. The molecule has 0 radical (unpaired) electrons. The molecule has 0 spiro atoms. The maximum absolute atomic E-state index is 11.8. The number of amides is 1. The minimum absolute atomic E-state index is 0.000424. The van der Waals surface area contributed by atoms with Crippen molar-refractivity contribution in [2.75, 3.05) is 11.1 Å². The number of aryl methyl sites for hydroxylation is 1. The predicted molar refractivity (Wildman–Crippen MR) is 79.0 cm³/mol. The molecule has 0 heterocycles. The molecular formula is C14H19NO3S. The summed E-state index contributed by atoms with van der Waals surface area (Å²) in [6.45, 7) is 7.80. The fourth-order valence-electron chi connectivity index (χ4n) is 1.52. The molecule has 0 aromatic heterocycles. The van der Waals surface area contributed by atoms with Gasteiger partial charge in [-0.15, -0.1) is 11.8 Å². The smallest absolute Gasteiger partial charge is 0.338 e. The second kappa shape index (κ2) is 6.10. The average Bonchev–Trinajstić information content (AvgIpc) is 2.25. The van der Waals surface area contributed by atoms with E-state index in [1.807, 2.05) is 20.8 Å². The van der Waals surface area contributed by atoms with Gasteiger partial charge in [-0.25, -0.2) is 4.79 Å². The summed E-state index contributed by atoms with van der Waals surface area (Å²) in [4.78, 5) is 23.0. The Labute approximate surface area is 117 Å². The maximum Gasteiger partial charge on any atom is 0.338 e. The summed E-state index contributed by atoms with van der Waals surface area (Å²) in [5.74, 6) is -0.916. The molecule has 104 valence electrons. The second-order valence-corrected chi connectivity index (χ2v) is 7.05. The zero-order valence-electron chi connectivity index (χ0n) is 11.6. The molecule has 4 nitrogen and oxygen atoms in total. The van der Waals surface area contributed by atoms with Gasteiger partial charge < -0.3 is 10.4 Å². The molecule has 2 N–H and O–H groups in total. The van der Waals surface area contributed by atoms with E-state index in [1.165, 1.54) is 11.8 Å². The van der Waals surface area contributed by atoms with Gasteiger partial charge in [-0.3, -0.25) is 4.79 Å². The van der Waals surface area contributed by atoms with E-state index in [1.54, 1.807) is 25.1 Å². The lowest BCUT2D eigenvalue weighted by Crippen LogP contribution is -2.20. The van der Waals surface area contributed by atoms with Crippen molar-refractivity contribution in [3.63, 3.8) is 0 Å². The van der Waals surface area contributed by atoms with Crippen molar-refractivity contribution >= 4 is 29.3 Å². The number of anilines is 1. The third-order valence-corrected chi connectivity index (χ3v) is 3.67. The number of aromatic carboxylic acids is 1. The first-order chi connectivity index (χ1) is 8.70. The van der Waals surface area contributed by atoms with Crippen LogP contribution in [0.15, 0.2) is 18.2 Å². The van der Waals surface area contributed by atoms with Crippen LogP contribution in [0.4, 0.5) is 5.69 Å². The van der Waals surface area contributed by atoms with Crippen molar-refractivity contribution < 1.29 is 14.7 Å². The summed E-state index contributed by atoms with van der Waals surface area (Å²) < 4.78 is -0.000424. The van der Waals surface area contributed by atoms with Crippen molar-refractivity contribution in [2.45, 2.75) is 32.4 Å². The lowest BCUT2D eigenvalue weighted by atomic mass is 10.1. The van der Waals surface area contributed by atoms with Gasteiger partial charge in [-0.2, -0.15) is 0 Å². The first-order valence-electron chi connectivity index (χ1n) is 5.97. The van der Waals surface area contributed by atoms with Crippen molar-refractivity contribution in [3.8, 4) is 0 Å². The SMILES string of the molecule is Cc1cccc(NC(=O)CSC(C)(C)C)c1C(=O)O. The van der Waals surface area contributed by atoms with Crippen LogP contribution in [0.25, 0.3) is 0 Å². The molecule has 1 amide bonds. The lowest BCUT2D eigenvalue weighted by molar-refractivity contribution is -0.113. The van der Waals surface area contributed by atoms with Crippen LogP contribution >= 0.6 is 11.8 Å². The summed E-state index contributed by atoms with van der Waals surface area (Å²) in [5, 5.41) is 11.8. The normalized spacial score (nSPS) is 11.2. The summed E-state index contributed by atoms with van der Waals surface area (Å²) in [6, 6.07) is 5.05. The molecule has 1 aromatic carbocycles. The van der Waals surface area contributed by atoms with Crippen LogP contribution < -0.4 is 5.32 Å². The number of benzene rings is 1. The Morgan fingerprint density at radius 2 is 1.95 bits per heavy atom. The van der Waals surface area contributed by atoms with Crippen molar-refractivity contribution in [1.29, 1.82) is 0 Å². The van der Waals surface area contributed by atoms with Gasteiger partial charge in [0.25, 0.3) is 0 Å². The van der Waals surface area contributed by atoms with Crippen LogP contribution in [0, 0.1) is 6.92 Å². The van der Waals surface area contributed by atoms with Gasteiger partial charge in [0.1, 0.15) is 0 Å². The monoisotopic (exact) mass is 281 g/mol. The Morgan fingerprint density at radius 3 is 2.47 bits per heavy atom. The molecule has 0 aliphatic carbocycles. The van der Waals surface area contributed by atoms with Crippen LogP contribution in [-0.4, -0.2) is 27.5 Å². The Morgan fingerprint density at radius 1 is 1.32 bits per heavy atom. The maximum atomic E-state index is 11.8. The standard InChI is InChI=1S/C14H19NO3S/c1-9-6-5-7-10(12(9)13(17)18)15-11(16)8-19-14(2,3)4/h5-7H,8H2,1-4H3,(H,15,16)(H,17,18). The van der Waals surface area contributed by atoms with Crippen LogP contribution in [-0.2, 0) is 4.79 Å². The molecular weight excluding hydrogens is 262 g/mol. The first kappa shape index (κ1) is 15.6. The topological polar surface area (TPSA) is 66.4 Å². The van der Waals surface area contributed by atoms with Crippen molar-refractivity contribution in [1.82, 2.24) is 0 Å². The highest BCUT2D eigenvalue weighted by molar-refractivity contribution is 8.01. The second-order valence-electron chi connectivity index (χ2n) is 5.25. The number of carboxylic acid groups (broad SMARTS) is 1. The number of carbonyl (C=O) groups excluding carboxylic acids is 1. The Hall–Kier alpha value is -1.49. The van der Waals surface area contributed by atoms with Crippen molar-refractivity contribution in [3.05, 3.63) is 29.3 Å². The number of thioether (sulfide) groups is 1. The summed E-state index contributed by atoms with van der Waals surface area (Å²) >= 11 is 1.52. The zero-order chi connectivity index (χ0) is 14.6. The Balaban J connectivity index is 2.80. The van der Waals surface area contributed by atoms with E-state index in [0.29, 0.717) is 17.0 Å². The van der Waals surface area contributed by atoms with Gasteiger partial charge >= 0.3 is 5.97 Å². The minimum Gasteiger partial charge on any atom is -0.478 e. The Kier molecular flexibility index (Phi) is 5.00. The van der Waals surface area contributed by atoms with E-state index < -0.39 is 5.97 Å². The van der Waals surface area contributed by atoms with Crippen LogP contribution in [0.3, 0.4) is 0 Å². The highest BCUT2D eigenvalue weighted by atomic mass is 32.2. The molecule has 1 rings (SSSR count). The van der Waals surface area contributed by atoms with E-state index in [4.69, 9.17) is 5.11 Å². The van der Waals surface area contributed by atoms with E-state index in [-0.39, 0.29) is 16.2 Å². The first-order valence-corrected chi connectivity index (χ1v) is 6.96. The van der Waals surface area contributed by atoms with E-state index in [0.717, 1.165) is 0 Å². The van der Waals surface area contributed by atoms with Gasteiger partial charge in [-0.1, -0.05) is 32.9 Å². The van der Waals surface area contributed by atoms with Gasteiger partial charge in [0.05, 0.1) is 17.0 Å². The van der Waals surface area contributed by atoms with Gasteiger partial charge in [0.2, 0.25) is 5.91 Å². The van der Waals surface area contributed by atoms with Gasteiger partial charge in [0.15, 0.2) is 0 Å². The largest absolute Gasteiger partial charge is 0.478 e. The highest BCUT2D eigenvalue weighted by Gasteiger charge is 2.17. The molecule has 1 aromatic rings. The quantitative estimate of drug-likeness (QED) is 0.889. The fraction of sp³-hybridized carbons (Fsp3) is 0.429. The van der Waals surface area contributed by atoms with Crippen LogP contribution in [0.2, 0.25) is 0 Å². The van der Waals surface area contributed by atoms with Crippen LogP contribution in [0.5, 0.6) is 0 Å². The number of carbonyl (C=O) groups is 2. The van der Waals surface area contributed by atoms with Gasteiger partial charge in [0, 0.05) is 4.75 Å². The average molecular weight is 281 g/mol. The molecule has 0 fully saturated rings. The van der Waals surface area contributed by atoms with E-state index in [9.17, 15) is 9.59 Å². The zero-order valence-corrected chi connectivity index (χ0v) is 12.4. The highest BCUT2D eigenvalue weighted by Crippen LogP contribution is 2.24. The fourth-order valence-corrected chi connectivity index (χ4v) is 2.16.